The minimum absolute atomic E-state index is 0.429. The van der Waals surface area contributed by atoms with Gasteiger partial charge in [0, 0.05) is 11.8 Å². The molecule has 126 valence electrons. The highest BCUT2D eigenvalue weighted by molar-refractivity contribution is 5.85. The van der Waals surface area contributed by atoms with Gasteiger partial charge in [0.05, 0.1) is 12.5 Å². The number of carbonyl (C=O) groups is 2. The molecule has 1 aliphatic rings. The van der Waals surface area contributed by atoms with Crippen molar-refractivity contribution >= 4 is 17.7 Å². The second-order valence-corrected chi connectivity index (χ2v) is 6.92. The maximum Gasteiger partial charge on any atom is 0.412 e. The van der Waals surface area contributed by atoms with Gasteiger partial charge in [-0.05, 0) is 51.7 Å². The van der Waals surface area contributed by atoms with E-state index in [0.29, 0.717) is 30.7 Å². The van der Waals surface area contributed by atoms with E-state index in [9.17, 15) is 14.7 Å². The molecule has 2 rings (SSSR count). The number of amides is 1. The molecule has 6 nitrogen and oxygen atoms in total. The summed E-state index contributed by atoms with van der Waals surface area (Å²) < 4.78 is 10.5. The van der Waals surface area contributed by atoms with Crippen molar-refractivity contribution in [3.63, 3.8) is 0 Å². The third-order valence-corrected chi connectivity index (χ3v) is 3.77. The monoisotopic (exact) mass is 321 g/mol. The molecule has 0 radical (unpaired) electrons. The molecule has 0 spiro atoms. The van der Waals surface area contributed by atoms with Crippen molar-refractivity contribution in [2.75, 3.05) is 12.4 Å². The number of carbonyl (C=O) groups excluding carboxylic acids is 1. The molecule has 0 atom stereocenters. The third-order valence-electron chi connectivity index (χ3n) is 3.77. The Bertz CT molecular complexity index is 614. The standard InChI is InChI=1S/C17H23NO5/c1-16(2,3)23-15(21)18-12-6-5-11(13(9-12)22-4)10-17(7-8-17)14(19)20/h5-6,9H,7-8,10H2,1-4H3,(H,18,21)(H,19,20). The highest BCUT2D eigenvalue weighted by Crippen LogP contribution is 2.49. The largest absolute Gasteiger partial charge is 0.496 e. The van der Waals surface area contributed by atoms with Crippen LogP contribution in [-0.4, -0.2) is 29.9 Å². The smallest absolute Gasteiger partial charge is 0.412 e. The molecule has 1 aliphatic carbocycles. The predicted octanol–water partition coefficient (Wildman–Crippen LogP) is 3.45. The lowest BCUT2D eigenvalue weighted by Gasteiger charge is -2.20. The van der Waals surface area contributed by atoms with Gasteiger partial charge in [0.15, 0.2) is 0 Å². The van der Waals surface area contributed by atoms with Crippen LogP contribution in [0.4, 0.5) is 10.5 Å². The van der Waals surface area contributed by atoms with E-state index in [1.54, 1.807) is 39.0 Å². The number of nitrogens with one attached hydrogen (secondary N) is 1. The van der Waals surface area contributed by atoms with E-state index in [1.165, 1.54) is 7.11 Å². The molecule has 0 unspecified atom stereocenters. The van der Waals surface area contributed by atoms with Crippen LogP contribution in [0.25, 0.3) is 0 Å². The van der Waals surface area contributed by atoms with E-state index >= 15 is 0 Å². The maximum atomic E-state index is 11.8. The van der Waals surface area contributed by atoms with E-state index in [-0.39, 0.29) is 0 Å². The van der Waals surface area contributed by atoms with Gasteiger partial charge < -0.3 is 14.6 Å². The first-order valence-electron chi connectivity index (χ1n) is 7.55. The van der Waals surface area contributed by atoms with Crippen molar-refractivity contribution in [2.24, 2.45) is 5.41 Å². The van der Waals surface area contributed by atoms with Gasteiger partial charge in [-0.3, -0.25) is 10.1 Å². The Morgan fingerprint density at radius 2 is 1.96 bits per heavy atom. The van der Waals surface area contributed by atoms with E-state index < -0.39 is 23.1 Å². The van der Waals surface area contributed by atoms with Crippen molar-refractivity contribution < 1.29 is 24.2 Å². The van der Waals surface area contributed by atoms with Crippen molar-refractivity contribution in [3.8, 4) is 5.75 Å². The number of hydrogen-bond acceptors (Lipinski definition) is 4. The molecule has 0 bridgehead atoms. The molecule has 0 heterocycles. The summed E-state index contributed by atoms with van der Waals surface area (Å²) in [4.78, 5) is 23.1. The van der Waals surface area contributed by atoms with Gasteiger partial charge >= 0.3 is 12.1 Å². The first-order chi connectivity index (χ1) is 10.6. The summed E-state index contributed by atoms with van der Waals surface area (Å²) in [5, 5.41) is 11.9. The van der Waals surface area contributed by atoms with Gasteiger partial charge in [0.25, 0.3) is 0 Å². The van der Waals surface area contributed by atoms with E-state index in [2.05, 4.69) is 5.32 Å². The van der Waals surface area contributed by atoms with Crippen LogP contribution in [0.2, 0.25) is 0 Å². The first kappa shape index (κ1) is 17.1. The van der Waals surface area contributed by atoms with Crippen LogP contribution in [0.3, 0.4) is 0 Å². The molecular formula is C17H23NO5. The maximum absolute atomic E-state index is 11.8. The quantitative estimate of drug-likeness (QED) is 0.867. The van der Waals surface area contributed by atoms with Gasteiger partial charge in [-0.15, -0.1) is 0 Å². The average Bonchev–Trinajstić information content (AvgIpc) is 3.19. The Morgan fingerprint density at radius 3 is 2.43 bits per heavy atom. The van der Waals surface area contributed by atoms with Crippen molar-refractivity contribution in [1.82, 2.24) is 0 Å². The molecule has 6 heteroatoms. The number of anilines is 1. The van der Waals surface area contributed by atoms with Gasteiger partial charge in [-0.25, -0.2) is 4.79 Å². The van der Waals surface area contributed by atoms with Crippen LogP contribution in [0.5, 0.6) is 5.75 Å². The number of rotatable bonds is 5. The number of ether oxygens (including phenoxy) is 2. The third kappa shape index (κ3) is 4.37. The molecule has 0 saturated heterocycles. The fourth-order valence-corrected chi connectivity index (χ4v) is 2.37. The Morgan fingerprint density at radius 1 is 1.30 bits per heavy atom. The Kier molecular flexibility index (Phi) is 4.54. The average molecular weight is 321 g/mol. The topological polar surface area (TPSA) is 84.9 Å². The van der Waals surface area contributed by atoms with Gasteiger partial charge in [0.2, 0.25) is 0 Å². The zero-order valence-electron chi connectivity index (χ0n) is 13.9. The van der Waals surface area contributed by atoms with Gasteiger partial charge in [-0.2, -0.15) is 0 Å². The number of aliphatic carboxylic acids is 1. The molecule has 1 aromatic rings. The van der Waals surface area contributed by atoms with E-state index in [0.717, 1.165) is 5.56 Å². The zero-order chi connectivity index (χ0) is 17.3. The predicted molar refractivity (Wildman–Crippen MR) is 85.9 cm³/mol. The van der Waals surface area contributed by atoms with Crippen molar-refractivity contribution in [2.45, 2.75) is 45.6 Å². The Balaban J connectivity index is 2.10. The molecular weight excluding hydrogens is 298 g/mol. The van der Waals surface area contributed by atoms with Crippen LogP contribution in [0.15, 0.2) is 18.2 Å². The SMILES string of the molecule is COc1cc(NC(=O)OC(C)(C)C)ccc1CC1(C(=O)O)CC1. The highest BCUT2D eigenvalue weighted by atomic mass is 16.6. The molecule has 1 aromatic carbocycles. The summed E-state index contributed by atoms with van der Waals surface area (Å²) in [5.41, 5.74) is 0.128. The second kappa shape index (κ2) is 6.10. The number of carboxylic acid groups (broad SMARTS) is 1. The molecule has 1 amide bonds. The highest BCUT2D eigenvalue weighted by Gasteiger charge is 2.50. The van der Waals surface area contributed by atoms with Crippen LogP contribution >= 0.6 is 0 Å². The fraction of sp³-hybridized carbons (Fsp3) is 0.529. The summed E-state index contributed by atoms with van der Waals surface area (Å²) in [6.07, 6.45) is 1.25. The molecule has 1 fully saturated rings. The summed E-state index contributed by atoms with van der Waals surface area (Å²) in [5.74, 6) is -0.207. The number of hydrogen-bond donors (Lipinski definition) is 2. The van der Waals surface area contributed by atoms with Crippen LogP contribution in [0, 0.1) is 5.41 Å². The lowest BCUT2D eigenvalue weighted by Crippen LogP contribution is -2.27. The van der Waals surface area contributed by atoms with E-state index in [4.69, 9.17) is 9.47 Å². The minimum atomic E-state index is -0.768. The number of carboxylic acids is 1. The van der Waals surface area contributed by atoms with Gasteiger partial charge in [0.1, 0.15) is 11.4 Å². The molecule has 2 N–H and O–H groups in total. The summed E-state index contributed by atoms with van der Waals surface area (Å²) >= 11 is 0. The normalized spacial score (nSPS) is 15.7. The van der Waals surface area contributed by atoms with Crippen molar-refractivity contribution in [3.05, 3.63) is 23.8 Å². The zero-order valence-corrected chi connectivity index (χ0v) is 13.9. The number of methoxy groups -OCH3 is 1. The number of benzene rings is 1. The lowest BCUT2D eigenvalue weighted by atomic mass is 9.96. The molecule has 23 heavy (non-hydrogen) atoms. The van der Waals surface area contributed by atoms with Crippen LogP contribution in [-0.2, 0) is 16.0 Å². The molecule has 1 saturated carbocycles. The van der Waals surface area contributed by atoms with Crippen LogP contribution < -0.4 is 10.1 Å². The fourth-order valence-electron chi connectivity index (χ4n) is 2.37. The second-order valence-electron chi connectivity index (χ2n) is 6.92. The summed E-state index contributed by atoms with van der Waals surface area (Å²) in [6.45, 7) is 5.37. The molecule has 0 aromatic heterocycles. The summed E-state index contributed by atoms with van der Waals surface area (Å²) in [6, 6.07) is 5.19. The van der Waals surface area contributed by atoms with Crippen LogP contribution in [0.1, 0.15) is 39.2 Å². The Hall–Kier alpha value is -2.24. The van der Waals surface area contributed by atoms with Gasteiger partial charge in [-0.1, -0.05) is 6.07 Å². The molecule has 0 aliphatic heterocycles. The van der Waals surface area contributed by atoms with Crippen molar-refractivity contribution in [1.29, 1.82) is 0 Å². The first-order valence-corrected chi connectivity index (χ1v) is 7.55. The Labute approximate surface area is 135 Å². The minimum Gasteiger partial charge on any atom is -0.496 e. The lowest BCUT2D eigenvalue weighted by molar-refractivity contribution is -0.143. The van der Waals surface area contributed by atoms with E-state index in [1.807, 2.05) is 0 Å². The summed E-state index contributed by atoms with van der Waals surface area (Å²) in [7, 11) is 1.52.